The summed E-state index contributed by atoms with van der Waals surface area (Å²) in [5, 5.41) is 10.4. The molecule has 1 aromatic rings. The van der Waals surface area contributed by atoms with E-state index in [0.29, 0.717) is 0 Å². The highest BCUT2D eigenvalue weighted by Gasteiger charge is 2.13. The Labute approximate surface area is 102 Å². The van der Waals surface area contributed by atoms with Gasteiger partial charge in [-0.05, 0) is 17.7 Å². The number of halogens is 2. The van der Waals surface area contributed by atoms with Crippen molar-refractivity contribution in [2.45, 2.75) is 6.54 Å². The van der Waals surface area contributed by atoms with Gasteiger partial charge in [0.1, 0.15) is 6.54 Å². The summed E-state index contributed by atoms with van der Waals surface area (Å²) in [4.78, 5) is 11.1. The molecule has 0 saturated heterocycles. The molecule has 96 valence electrons. The summed E-state index contributed by atoms with van der Waals surface area (Å²) in [6, 6.07) is 3.75. The zero-order valence-electron chi connectivity index (χ0n) is 9.37. The minimum Gasteiger partial charge on any atom is -0.478 e. The molecule has 0 aliphatic rings. The molecule has 0 bridgehead atoms. The fourth-order valence-electron chi connectivity index (χ4n) is 1.19. The van der Waals surface area contributed by atoms with Crippen LogP contribution >= 0.6 is 0 Å². The molecule has 0 aliphatic heterocycles. The Balaban J connectivity index is 2.68. The Morgan fingerprint density at radius 2 is 2.06 bits per heavy atom. The van der Waals surface area contributed by atoms with Crippen LogP contribution in [0.2, 0.25) is 0 Å². The van der Waals surface area contributed by atoms with E-state index in [4.69, 9.17) is 15.7 Å². The molecule has 0 radical (unpaired) electrons. The molecule has 0 aromatic heterocycles. The Morgan fingerprint density at radius 1 is 1.44 bits per heavy atom. The Hall–Kier alpha value is -2.20. The van der Waals surface area contributed by atoms with Gasteiger partial charge in [-0.1, -0.05) is 0 Å². The van der Waals surface area contributed by atoms with Crippen molar-refractivity contribution in [3.8, 4) is 11.8 Å². The predicted molar refractivity (Wildman–Crippen MR) is 58.4 cm³/mol. The van der Waals surface area contributed by atoms with Crippen molar-refractivity contribution in [2.24, 2.45) is 5.73 Å². The second kappa shape index (κ2) is 6.51. The smallest absolute Gasteiger partial charge is 0.258 e. The van der Waals surface area contributed by atoms with Crippen LogP contribution in [-0.2, 0) is 11.3 Å². The highest BCUT2D eigenvalue weighted by atomic mass is 19.1. The molecule has 18 heavy (non-hydrogen) atoms. The number of benzene rings is 1. The largest absolute Gasteiger partial charge is 0.478 e. The van der Waals surface area contributed by atoms with Crippen LogP contribution in [0.1, 0.15) is 5.56 Å². The minimum atomic E-state index is -0.927. The van der Waals surface area contributed by atoms with Crippen molar-refractivity contribution in [1.82, 2.24) is 5.32 Å². The number of hydrogen-bond donors (Lipinski definition) is 2. The van der Waals surface area contributed by atoms with Gasteiger partial charge < -0.3 is 15.8 Å². The van der Waals surface area contributed by atoms with Gasteiger partial charge in [0.05, 0.1) is 6.07 Å². The van der Waals surface area contributed by atoms with Gasteiger partial charge in [0.25, 0.3) is 5.91 Å². The standard InChI is InChI=1S/C11H11F2N3O2/c12-8-3-7(5-15)4-9(13)11(8)18-6-10(17)16-2-1-14/h3-4H,2,5-6,15H2,(H,16,17). The number of rotatable bonds is 5. The number of nitrogens with two attached hydrogens (primary N) is 1. The van der Waals surface area contributed by atoms with Crippen LogP contribution in [0.4, 0.5) is 8.78 Å². The molecule has 3 N–H and O–H groups in total. The predicted octanol–water partition coefficient (Wildman–Crippen LogP) is 0.442. The quantitative estimate of drug-likeness (QED) is 0.747. The van der Waals surface area contributed by atoms with Crippen molar-refractivity contribution in [2.75, 3.05) is 13.2 Å². The van der Waals surface area contributed by atoms with Gasteiger partial charge in [0.15, 0.2) is 24.0 Å². The zero-order valence-corrected chi connectivity index (χ0v) is 9.37. The normalized spacial score (nSPS) is 9.67. The Morgan fingerprint density at radius 3 is 2.56 bits per heavy atom. The summed E-state index contributed by atoms with van der Waals surface area (Å²) < 4.78 is 31.5. The lowest BCUT2D eigenvalue weighted by molar-refractivity contribution is -0.122. The van der Waals surface area contributed by atoms with Crippen LogP contribution in [0.15, 0.2) is 12.1 Å². The van der Waals surface area contributed by atoms with Crippen molar-refractivity contribution >= 4 is 5.91 Å². The summed E-state index contributed by atoms with van der Waals surface area (Å²) in [6.07, 6.45) is 0. The van der Waals surface area contributed by atoms with E-state index >= 15 is 0 Å². The maximum absolute atomic E-state index is 13.4. The van der Waals surface area contributed by atoms with E-state index in [-0.39, 0.29) is 18.7 Å². The highest BCUT2D eigenvalue weighted by Crippen LogP contribution is 2.23. The lowest BCUT2D eigenvalue weighted by atomic mass is 10.2. The average Bonchev–Trinajstić information content (AvgIpc) is 2.34. The molecule has 5 nitrogen and oxygen atoms in total. The number of carbonyl (C=O) groups is 1. The number of amides is 1. The molecule has 7 heteroatoms. The van der Waals surface area contributed by atoms with E-state index in [2.05, 4.69) is 5.32 Å². The van der Waals surface area contributed by atoms with E-state index in [1.807, 2.05) is 0 Å². The summed E-state index contributed by atoms with van der Waals surface area (Å²) in [7, 11) is 0. The first kappa shape index (κ1) is 13.9. The fraction of sp³-hybridized carbons (Fsp3) is 0.273. The topological polar surface area (TPSA) is 88.1 Å². The maximum atomic E-state index is 13.4. The second-order valence-corrected chi connectivity index (χ2v) is 3.32. The maximum Gasteiger partial charge on any atom is 0.258 e. The molecule has 0 spiro atoms. The van der Waals surface area contributed by atoms with Crippen molar-refractivity contribution < 1.29 is 18.3 Å². The molecular weight excluding hydrogens is 244 g/mol. The van der Waals surface area contributed by atoms with Crippen LogP contribution in [0.25, 0.3) is 0 Å². The number of ether oxygens (including phenoxy) is 1. The number of carbonyl (C=O) groups excluding carboxylic acids is 1. The van der Waals surface area contributed by atoms with Gasteiger partial charge >= 0.3 is 0 Å². The van der Waals surface area contributed by atoms with Crippen LogP contribution in [-0.4, -0.2) is 19.1 Å². The van der Waals surface area contributed by atoms with Crippen LogP contribution in [0.3, 0.4) is 0 Å². The lowest BCUT2D eigenvalue weighted by Gasteiger charge is -2.09. The van der Waals surface area contributed by atoms with E-state index in [1.54, 1.807) is 6.07 Å². The first-order chi connectivity index (χ1) is 8.58. The third-order valence-corrected chi connectivity index (χ3v) is 2.01. The van der Waals surface area contributed by atoms with E-state index in [0.717, 1.165) is 12.1 Å². The summed E-state index contributed by atoms with van der Waals surface area (Å²) >= 11 is 0. The molecule has 0 atom stereocenters. The van der Waals surface area contributed by atoms with Crippen LogP contribution < -0.4 is 15.8 Å². The van der Waals surface area contributed by atoms with Crippen molar-refractivity contribution in [3.05, 3.63) is 29.3 Å². The van der Waals surface area contributed by atoms with Gasteiger partial charge in [-0.25, -0.2) is 8.78 Å². The summed E-state index contributed by atoms with van der Waals surface area (Å²) in [5.41, 5.74) is 5.53. The van der Waals surface area contributed by atoms with Gasteiger partial charge in [-0.15, -0.1) is 0 Å². The van der Waals surface area contributed by atoms with E-state index < -0.39 is 29.9 Å². The summed E-state index contributed by atoms with van der Waals surface area (Å²) in [6.45, 7) is -0.770. The molecule has 0 aliphatic carbocycles. The Bertz CT molecular complexity index is 463. The third kappa shape index (κ3) is 3.68. The molecule has 0 fully saturated rings. The molecule has 0 saturated carbocycles. The SMILES string of the molecule is N#CCNC(=O)COc1c(F)cc(CN)cc1F. The minimum absolute atomic E-state index is 0.00320. The zero-order chi connectivity index (χ0) is 13.5. The number of hydrogen-bond acceptors (Lipinski definition) is 4. The van der Waals surface area contributed by atoms with E-state index in [1.165, 1.54) is 0 Å². The van der Waals surface area contributed by atoms with Crippen molar-refractivity contribution in [3.63, 3.8) is 0 Å². The first-order valence-corrected chi connectivity index (χ1v) is 5.03. The van der Waals surface area contributed by atoms with Gasteiger partial charge in [-0.3, -0.25) is 4.79 Å². The van der Waals surface area contributed by atoms with Gasteiger partial charge in [-0.2, -0.15) is 5.26 Å². The average molecular weight is 255 g/mol. The Kier molecular flexibility index (Phi) is 5.02. The number of nitrogens with one attached hydrogen (secondary N) is 1. The highest BCUT2D eigenvalue weighted by molar-refractivity contribution is 5.77. The molecule has 1 aromatic carbocycles. The molecule has 0 unspecified atom stereocenters. The second-order valence-electron chi connectivity index (χ2n) is 3.32. The molecule has 0 heterocycles. The summed E-state index contributed by atoms with van der Waals surface area (Å²) in [5.74, 6) is -3.13. The molecular formula is C11H11F2N3O2. The molecule has 1 amide bonds. The lowest BCUT2D eigenvalue weighted by Crippen LogP contribution is -2.29. The number of nitrogens with zero attached hydrogens (tertiary/aromatic N) is 1. The fourth-order valence-corrected chi connectivity index (χ4v) is 1.19. The van der Waals surface area contributed by atoms with Crippen molar-refractivity contribution in [1.29, 1.82) is 5.26 Å². The van der Waals surface area contributed by atoms with Gasteiger partial charge in [0.2, 0.25) is 0 Å². The molecule has 1 rings (SSSR count). The monoisotopic (exact) mass is 255 g/mol. The number of nitriles is 1. The van der Waals surface area contributed by atoms with Crippen LogP contribution in [0, 0.1) is 23.0 Å². The van der Waals surface area contributed by atoms with E-state index in [9.17, 15) is 13.6 Å². The third-order valence-electron chi connectivity index (χ3n) is 2.01. The van der Waals surface area contributed by atoms with Crippen LogP contribution in [0.5, 0.6) is 5.75 Å². The first-order valence-electron chi connectivity index (χ1n) is 5.03. The van der Waals surface area contributed by atoms with Gasteiger partial charge in [0, 0.05) is 6.54 Å².